The van der Waals surface area contributed by atoms with Crippen LogP contribution in [0.3, 0.4) is 0 Å². The SMILES string of the molecule is O=C(Nc1cc(F)cc(F)c1)C1CCCN(c2nccnc2Sc2ccccc2)C1. The van der Waals surface area contributed by atoms with Crippen molar-refractivity contribution in [1.29, 1.82) is 0 Å². The van der Waals surface area contributed by atoms with E-state index in [-0.39, 0.29) is 17.5 Å². The number of hydrogen-bond donors (Lipinski definition) is 1. The molecule has 0 bridgehead atoms. The van der Waals surface area contributed by atoms with Crippen LogP contribution in [0.4, 0.5) is 20.3 Å². The summed E-state index contributed by atoms with van der Waals surface area (Å²) in [7, 11) is 0. The molecule has 1 atom stereocenters. The molecule has 8 heteroatoms. The van der Waals surface area contributed by atoms with Gasteiger partial charge in [-0.3, -0.25) is 4.79 Å². The van der Waals surface area contributed by atoms with Crippen molar-refractivity contribution < 1.29 is 13.6 Å². The first-order chi connectivity index (χ1) is 14.6. The molecule has 2 aromatic carbocycles. The summed E-state index contributed by atoms with van der Waals surface area (Å²) in [5.74, 6) is -1.29. The molecule has 1 aromatic heterocycles. The average molecular weight is 426 g/mol. The van der Waals surface area contributed by atoms with Gasteiger partial charge in [-0.25, -0.2) is 18.7 Å². The van der Waals surface area contributed by atoms with Gasteiger partial charge in [-0.15, -0.1) is 0 Å². The number of benzene rings is 2. The Balaban J connectivity index is 1.48. The molecule has 5 nitrogen and oxygen atoms in total. The van der Waals surface area contributed by atoms with Crippen molar-refractivity contribution in [3.63, 3.8) is 0 Å². The monoisotopic (exact) mass is 426 g/mol. The minimum absolute atomic E-state index is 0.120. The van der Waals surface area contributed by atoms with E-state index in [1.807, 2.05) is 30.3 Å². The Morgan fingerprint density at radius 1 is 1.07 bits per heavy atom. The second kappa shape index (κ2) is 9.21. The number of anilines is 2. The third-order valence-electron chi connectivity index (χ3n) is 4.83. The van der Waals surface area contributed by atoms with Crippen molar-refractivity contribution in [3.05, 3.63) is 72.6 Å². The van der Waals surface area contributed by atoms with E-state index in [2.05, 4.69) is 20.2 Å². The number of nitrogens with zero attached hydrogens (tertiary/aromatic N) is 3. The lowest BCUT2D eigenvalue weighted by Gasteiger charge is -2.33. The van der Waals surface area contributed by atoms with E-state index in [0.717, 1.165) is 46.9 Å². The summed E-state index contributed by atoms with van der Waals surface area (Å²) in [6.07, 6.45) is 4.80. The van der Waals surface area contributed by atoms with Crippen molar-refractivity contribution >= 4 is 29.2 Å². The summed E-state index contributed by atoms with van der Waals surface area (Å²) in [5, 5.41) is 3.41. The molecular weight excluding hydrogens is 406 g/mol. The first-order valence-electron chi connectivity index (χ1n) is 9.64. The summed E-state index contributed by atoms with van der Waals surface area (Å²) >= 11 is 1.52. The van der Waals surface area contributed by atoms with Gasteiger partial charge in [0.2, 0.25) is 5.91 Å². The maximum Gasteiger partial charge on any atom is 0.229 e. The fraction of sp³-hybridized carbons (Fsp3) is 0.227. The minimum atomic E-state index is -0.724. The highest BCUT2D eigenvalue weighted by Gasteiger charge is 2.28. The van der Waals surface area contributed by atoms with Gasteiger partial charge in [-0.1, -0.05) is 30.0 Å². The normalized spacial score (nSPS) is 16.3. The van der Waals surface area contributed by atoms with Crippen LogP contribution in [0.25, 0.3) is 0 Å². The molecule has 154 valence electrons. The summed E-state index contributed by atoms with van der Waals surface area (Å²) in [6, 6.07) is 12.9. The summed E-state index contributed by atoms with van der Waals surface area (Å²) in [5.41, 5.74) is 0.120. The van der Waals surface area contributed by atoms with Crippen molar-refractivity contribution in [2.45, 2.75) is 22.8 Å². The molecule has 3 aromatic rings. The van der Waals surface area contributed by atoms with Crippen LogP contribution in [-0.2, 0) is 4.79 Å². The largest absolute Gasteiger partial charge is 0.354 e. The highest BCUT2D eigenvalue weighted by atomic mass is 32.2. The van der Waals surface area contributed by atoms with Crippen molar-refractivity contribution in [1.82, 2.24) is 9.97 Å². The molecule has 30 heavy (non-hydrogen) atoms. The summed E-state index contributed by atoms with van der Waals surface area (Å²) in [4.78, 5) is 24.8. The molecule has 1 N–H and O–H groups in total. The molecule has 4 rings (SSSR count). The van der Waals surface area contributed by atoms with Crippen molar-refractivity contribution in [3.8, 4) is 0 Å². The fourth-order valence-electron chi connectivity index (χ4n) is 3.46. The van der Waals surface area contributed by atoms with Crippen LogP contribution in [-0.4, -0.2) is 29.0 Å². The lowest BCUT2D eigenvalue weighted by atomic mass is 9.97. The molecule has 0 spiro atoms. The van der Waals surface area contributed by atoms with Gasteiger partial charge >= 0.3 is 0 Å². The second-order valence-electron chi connectivity index (χ2n) is 7.03. The van der Waals surface area contributed by atoms with Crippen LogP contribution >= 0.6 is 11.8 Å². The van der Waals surface area contributed by atoms with E-state index < -0.39 is 11.6 Å². The van der Waals surface area contributed by atoms with E-state index in [1.54, 1.807) is 12.4 Å². The molecule has 1 saturated heterocycles. The highest BCUT2D eigenvalue weighted by molar-refractivity contribution is 7.99. The van der Waals surface area contributed by atoms with E-state index in [4.69, 9.17) is 0 Å². The number of rotatable bonds is 5. The van der Waals surface area contributed by atoms with E-state index in [1.165, 1.54) is 11.8 Å². The standard InChI is InChI=1S/C22H20F2N4OS/c23-16-11-17(24)13-18(12-16)27-21(29)15-5-4-10-28(14-15)20-22(26-9-8-25-20)30-19-6-2-1-3-7-19/h1-3,6-9,11-13,15H,4-5,10,14H2,(H,27,29). The average Bonchev–Trinajstić information content (AvgIpc) is 2.74. The van der Waals surface area contributed by atoms with Gasteiger partial charge in [0.1, 0.15) is 16.7 Å². The Morgan fingerprint density at radius 2 is 1.80 bits per heavy atom. The number of halogens is 2. The van der Waals surface area contributed by atoms with Crippen LogP contribution in [0.2, 0.25) is 0 Å². The third-order valence-corrected chi connectivity index (χ3v) is 5.82. The maximum absolute atomic E-state index is 13.4. The topological polar surface area (TPSA) is 58.1 Å². The van der Waals surface area contributed by atoms with Gasteiger partial charge in [0.15, 0.2) is 5.82 Å². The van der Waals surface area contributed by atoms with Crippen LogP contribution in [0.15, 0.2) is 70.8 Å². The first kappa shape index (κ1) is 20.3. The molecular formula is C22H20F2N4OS. The van der Waals surface area contributed by atoms with Gasteiger partial charge in [0.25, 0.3) is 0 Å². The molecule has 0 saturated carbocycles. The number of aromatic nitrogens is 2. The first-order valence-corrected chi connectivity index (χ1v) is 10.5. The zero-order chi connectivity index (χ0) is 20.9. The summed E-state index contributed by atoms with van der Waals surface area (Å²) in [6.45, 7) is 1.23. The molecule has 1 fully saturated rings. The van der Waals surface area contributed by atoms with Gasteiger partial charge < -0.3 is 10.2 Å². The van der Waals surface area contributed by atoms with E-state index in [9.17, 15) is 13.6 Å². The maximum atomic E-state index is 13.4. The Bertz CT molecular complexity index is 1010. The lowest BCUT2D eigenvalue weighted by molar-refractivity contribution is -0.120. The zero-order valence-electron chi connectivity index (χ0n) is 16.1. The molecule has 0 aliphatic carbocycles. The van der Waals surface area contributed by atoms with E-state index in [0.29, 0.717) is 13.0 Å². The number of hydrogen-bond acceptors (Lipinski definition) is 5. The molecule has 1 unspecified atom stereocenters. The fourth-order valence-corrected chi connectivity index (χ4v) is 4.36. The number of piperidine rings is 1. The Kier molecular flexibility index (Phi) is 6.23. The van der Waals surface area contributed by atoms with E-state index >= 15 is 0 Å². The number of nitrogens with one attached hydrogen (secondary N) is 1. The Morgan fingerprint density at radius 3 is 2.57 bits per heavy atom. The number of carbonyl (C=O) groups excluding carboxylic acids is 1. The molecule has 1 amide bonds. The molecule has 2 heterocycles. The lowest BCUT2D eigenvalue weighted by Crippen LogP contribution is -2.41. The second-order valence-corrected chi connectivity index (χ2v) is 8.09. The highest BCUT2D eigenvalue weighted by Crippen LogP contribution is 2.34. The van der Waals surface area contributed by atoms with Crippen LogP contribution in [0.1, 0.15) is 12.8 Å². The van der Waals surface area contributed by atoms with Gasteiger partial charge in [0.05, 0.1) is 5.92 Å². The molecule has 1 aliphatic heterocycles. The quantitative estimate of drug-likeness (QED) is 0.637. The van der Waals surface area contributed by atoms with Crippen LogP contribution in [0, 0.1) is 17.6 Å². The Hall–Kier alpha value is -3.00. The van der Waals surface area contributed by atoms with Gasteiger partial charge in [0, 0.05) is 42.1 Å². The Labute approximate surface area is 177 Å². The molecule has 0 radical (unpaired) electrons. The smallest absolute Gasteiger partial charge is 0.229 e. The number of amides is 1. The van der Waals surface area contributed by atoms with Gasteiger partial charge in [-0.05, 0) is 37.1 Å². The predicted molar refractivity (Wildman–Crippen MR) is 113 cm³/mol. The number of carbonyl (C=O) groups is 1. The van der Waals surface area contributed by atoms with Crippen LogP contribution < -0.4 is 10.2 Å². The predicted octanol–water partition coefficient (Wildman–Crippen LogP) is 4.76. The van der Waals surface area contributed by atoms with Crippen molar-refractivity contribution in [2.24, 2.45) is 5.92 Å². The van der Waals surface area contributed by atoms with Crippen LogP contribution in [0.5, 0.6) is 0 Å². The minimum Gasteiger partial charge on any atom is -0.354 e. The van der Waals surface area contributed by atoms with Gasteiger partial charge in [-0.2, -0.15) is 0 Å². The third kappa shape index (κ3) is 4.94. The summed E-state index contributed by atoms with van der Waals surface area (Å²) < 4.78 is 26.8. The molecule has 1 aliphatic rings. The zero-order valence-corrected chi connectivity index (χ0v) is 16.9. The van der Waals surface area contributed by atoms with Crippen molar-refractivity contribution in [2.75, 3.05) is 23.3 Å².